The van der Waals surface area contributed by atoms with Crippen LogP contribution >= 0.6 is 11.6 Å². The Morgan fingerprint density at radius 1 is 1.56 bits per heavy atom. The van der Waals surface area contributed by atoms with Crippen molar-refractivity contribution in [3.05, 3.63) is 28.8 Å². The summed E-state index contributed by atoms with van der Waals surface area (Å²) in [4.78, 5) is 11.1. The fraction of sp³-hybridized carbons (Fsp3) is 0.385. The maximum Gasteiger partial charge on any atom is 0.341 e. The molecule has 5 heteroatoms. The van der Waals surface area contributed by atoms with Gasteiger partial charge in [0.05, 0.1) is 17.7 Å². The second-order valence-electron chi connectivity index (χ2n) is 4.54. The van der Waals surface area contributed by atoms with E-state index in [-0.39, 0.29) is 21.8 Å². The molecule has 1 N–H and O–H groups in total. The van der Waals surface area contributed by atoms with Crippen LogP contribution in [0.2, 0.25) is 5.02 Å². The summed E-state index contributed by atoms with van der Waals surface area (Å²) in [6.07, 6.45) is 2.34. The summed E-state index contributed by atoms with van der Waals surface area (Å²) in [5.41, 5.74) is -0.112. The highest BCUT2D eigenvalue weighted by molar-refractivity contribution is 6.33. The van der Waals surface area contributed by atoms with E-state index in [9.17, 15) is 4.79 Å². The van der Waals surface area contributed by atoms with Crippen LogP contribution in [0, 0.1) is 16.7 Å². The van der Waals surface area contributed by atoms with Crippen molar-refractivity contribution in [2.24, 2.45) is 5.41 Å². The lowest BCUT2D eigenvalue weighted by Crippen LogP contribution is -2.14. The molecule has 0 radical (unpaired) electrons. The molecule has 1 aromatic carbocycles. The van der Waals surface area contributed by atoms with Gasteiger partial charge in [0.25, 0.3) is 0 Å². The molecule has 2 rings (SSSR count). The minimum atomic E-state index is -1.11. The van der Waals surface area contributed by atoms with E-state index >= 15 is 0 Å². The zero-order valence-electron chi connectivity index (χ0n) is 9.65. The Morgan fingerprint density at radius 2 is 2.28 bits per heavy atom. The summed E-state index contributed by atoms with van der Waals surface area (Å²) in [5.74, 6) is -0.847. The lowest BCUT2D eigenvalue weighted by atomic mass is 10.1. The van der Waals surface area contributed by atoms with Gasteiger partial charge >= 0.3 is 5.97 Å². The van der Waals surface area contributed by atoms with Crippen molar-refractivity contribution in [3.63, 3.8) is 0 Å². The third kappa shape index (κ3) is 2.57. The van der Waals surface area contributed by atoms with Gasteiger partial charge in [-0.25, -0.2) is 4.79 Å². The van der Waals surface area contributed by atoms with Crippen LogP contribution < -0.4 is 4.74 Å². The number of hydrogen-bond donors (Lipinski definition) is 1. The predicted octanol–water partition coefficient (Wildman–Crippen LogP) is 3.11. The SMILES string of the molecule is N#CCC1(COc2cccc(Cl)c2C(=O)O)CC1. The van der Waals surface area contributed by atoms with Crippen molar-refractivity contribution >= 4 is 17.6 Å². The van der Waals surface area contributed by atoms with E-state index in [0.717, 1.165) is 12.8 Å². The van der Waals surface area contributed by atoms with Crippen LogP contribution in [-0.4, -0.2) is 17.7 Å². The maximum absolute atomic E-state index is 11.1. The third-order valence-corrected chi connectivity index (χ3v) is 3.45. The summed E-state index contributed by atoms with van der Waals surface area (Å²) < 4.78 is 5.54. The van der Waals surface area contributed by atoms with Crippen LogP contribution in [0.3, 0.4) is 0 Å². The Labute approximate surface area is 110 Å². The Kier molecular flexibility index (Phi) is 3.44. The van der Waals surface area contributed by atoms with E-state index in [1.54, 1.807) is 12.1 Å². The van der Waals surface area contributed by atoms with Crippen LogP contribution in [0.25, 0.3) is 0 Å². The number of benzene rings is 1. The highest BCUT2D eigenvalue weighted by atomic mass is 35.5. The highest BCUT2D eigenvalue weighted by Gasteiger charge is 2.43. The van der Waals surface area contributed by atoms with Crippen molar-refractivity contribution in [2.75, 3.05) is 6.61 Å². The lowest BCUT2D eigenvalue weighted by Gasteiger charge is -2.14. The molecule has 0 spiro atoms. The average Bonchev–Trinajstić information content (AvgIpc) is 3.07. The van der Waals surface area contributed by atoms with Gasteiger partial charge in [-0.15, -0.1) is 0 Å². The minimum absolute atomic E-state index is 0.0214. The molecule has 1 fully saturated rings. The van der Waals surface area contributed by atoms with Crippen molar-refractivity contribution in [1.29, 1.82) is 5.26 Å². The summed E-state index contributed by atoms with van der Waals surface area (Å²) in [5, 5.41) is 17.9. The topological polar surface area (TPSA) is 70.3 Å². The molecule has 1 aliphatic rings. The third-order valence-electron chi connectivity index (χ3n) is 3.13. The summed E-state index contributed by atoms with van der Waals surface area (Å²) in [6.45, 7) is 0.362. The second-order valence-corrected chi connectivity index (χ2v) is 4.95. The number of hydrogen-bond acceptors (Lipinski definition) is 3. The Balaban J connectivity index is 2.13. The molecule has 94 valence electrons. The van der Waals surface area contributed by atoms with Gasteiger partial charge in [0, 0.05) is 11.8 Å². The van der Waals surface area contributed by atoms with Crippen LogP contribution in [0.4, 0.5) is 0 Å². The van der Waals surface area contributed by atoms with Crippen molar-refractivity contribution in [3.8, 4) is 11.8 Å². The van der Waals surface area contributed by atoms with Gasteiger partial charge in [0.1, 0.15) is 11.3 Å². The number of carbonyl (C=O) groups is 1. The normalized spacial score (nSPS) is 15.8. The molecule has 1 aromatic rings. The summed E-state index contributed by atoms with van der Waals surface area (Å²) in [7, 11) is 0. The molecular formula is C13H12ClNO3. The van der Waals surface area contributed by atoms with Gasteiger partial charge in [-0.1, -0.05) is 17.7 Å². The fourth-order valence-electron chi connectivity index (χ4n) is 1.78. The molecule has 1 saturated carbocycles. The first kappa shape index (κ1) is 12.7. The van der Waals surface area contributed by atoms with E-state index < -0.39 is 5.97 Å². The lowest BCUT2D eigenvalue weighted by molar-refractivity contribution is 0.0691. The molecule has 0 unspecified atom stereocenters. The first-order valence-electron chi connectivity index (χ1n) is 5.59. The number of carboxylic acid groups (broad SMARTS) is 1. The van der Waals surface area contributed by atoms with Gasteiger partial charge in [-0.3, -0.25) is 0 Å². The van der Waals surface area contributed by atoms with E-state index in [4.69, 9.17) is 26.7 Å². The zero-order valence-corrected chi connectivity index (χ0v) is 10.4. The first-order chi connectivity index (χ1) is 8.58. The minimum Gasteiger partial charge on any atom is -0.492 e. The highest BCUT2D eigenvalue weighted by Crippen LogP contribution is 2.48. The summed E-state index contributed by atoms with van der Waals surface area (Å²) >= 11 is 5.84. The number of ether oxygens (including phenoxy) is 1. The monoisotopic (exact) mass is 265 g/mol. The van der Waals surface area contributed by atoms with Crippen molar-refractivity contribution < 1.29 is 14.6 Å². The molecule has 0 aromatic heterocycles. The number of nitriles is 1. The Bertz CT molecular complexity index is 517. The number of carboxylic acids is 1. The Morgan fingerprint density at radius 3 is 2.83 bits per heavy atom. The molecule has 0 saturated heterocycles. The molecule has 0 amide bonds. The van der Waals surface area contributed by atoms with E-state index in [1.807, 2.05) is 0 Å². The number of nitrogens with zero attached hydrogens (tertiary/aromatic N) is 1. The van der Waals surface area contributed by atoms with Crippen molar-refractivity contribution in [1.82, 2.24) is 0 Å². The predicted molar refractivity (Wildman–Crippen MR) is 65.8 cm³/mol. The van der Waals surface area contributed by atoms with Gasteiger partial charge < -0.3 is 9.84 Å². The summed E-state index contributed by atoms with van der Waals surface area (Å²) in [6, 6.07) is 6.87. The Hall–Kier alpha value is -1.73. The van der Waals surface area contributed by atoms with Crippen LogP contribution in [0.15, 0.2) is 18.2 Å². The van der Waals surface area contributed by atoms with Gasteiger partial charge in [0.15, 0.2) is 0 Å². The van der Waals surface area contributed by atoms with Gasteiger partial charge in [-0.05, 0) is 25.0 Å². The number of halogens is 1. The molecule has 0 bridgehead atoms. The number of aromatic carboxylic acids is 1. The molecule has 4 nitrogen and oxygen atoms in total. The van der Waals surface area contributed by atoms with Gasteiger partial charge in [0.2, 0.25) is 0 Å². The fourth-order valence-corrected chi connectivity index (χ4v) is 2.03. The van der Waals surface area contributed by atoms with Crippen LogP contribution in [0.5, 0.6) is 5.75 Å². The maximum atomic E-state index is 11.1. The van der Waals surface area contributed by atoms with E-state index in [2.05, 4.69) is 6.07 Å². The van der Waals surface area contributed by atoms with E-state index in [1.165, 1.54) is 6.07 Å². The quantitative estimate of drug-likeness (QED) is 0.888. The largest absolute Gasteiger partial charge is 0.492 e. The molecule has 0 heterocycles. The average molecular weight is 266 g/mol. The van der Waals surface area contributed by atoms with Crippen LogP contribution in [0.1, 0.15) is 29.6 Å². The smallest absolute Gasteiger partial charge is 0.341 e. The molecular weight excluding hydrogens is 254 g/mol. The van der Waals surface area contributed by atoms with Crippen molar-refractivity contribution in [2.45, 2.75) is 19.3 Å². The standard InChI is InChI=1S/C13H12ClNO3/c14-9-2-1-3-10(11(9)12(16)17)18-8-13(4-5-13)6-7-15/h1-3H,4-6,8H2,(H,16,17). The zero-order chi connectivity index (χ0) is 13.2. The van der Waals surface area contributed by atoms with Crippen LogP contribution in [-0.2, 0) is 0 Å². The molecule has 18 heavy (non-hydrogen) atoms. The number of rotatable bonds is 5. The second kappa shape index (κ2) is 4.87. The molecule has 0 aliphatic heterocycles. The molecule has 1 aliphatic carbocycles. The molecule has 0 atom stereocenters. The van der Waals surface area contributed by atoms with Gasteiger partial charge in [-0.2, -0.15) is 5.26 Å². The van der Waals surface area contributed by atoms with E-state index in [0.29, 0.717) is 13.0 Å². The first-order valence-corrected chi connectivity index (χ1v) is 5.97.